The van der Waals surface area contributed by atoms with Crippen molar-refractivity contribution < 1.29 is 4.79 Å². The summed E-state index contributed by atoms with van der Waals surface area (Å²) in [7, 11) is 0. The molecule has 1 rings (SSSR count). The number of benzene rings is 1. The van der Waals surface area contributed by atoms with Crippen LogP contribution in [0.3, 0.4) is 0 Å². The largest absolute Gasteiger partial charge is 0.303 e. The summed E-state index contributed by atoms with van der Waals surface area (Å²) < 4.78 is 0. The van der Waals surface area contributed by atoms with E-state index in [0.29, 0.717) is 0 Å². The predicted octanol–water partition coefficient (Wildman–Crippen LogP) is 3.23. The Morgan fingerprint density at radius 3 is 2.57 bits per heavy atom. The van der Waals surface area contributed by atoms with E-state index in [-0.39, 0.29) is 5.92 Å². The fraction of sp³-hybridized carbons (Fsp3) is 0.462. The van der Waals surface area contributed by atoms with Crippen molar-refractivity contribution in [2.75, 3.05) is 0 Å². The molecule has 0 saturated carbocycles. The molecule has 0 aliphatic heterocycles. The third kappa shape index (κ3) is 4.22. The zero-order valence-corrected chi connectivity index (χ0v) is 8.78. The Hall–Kier alpha value is -1.11. The third-order valence-corrected chi connectivity index (χ3v) is 2.45. The van der Waals surface area contributed by atoms with E-state index in [1.807, 2.05) is 13.0 Å². The average Bonchev–Trinajstić information content (AvgIpc) is 2.25. The Morgan fingerprint density at radius 2 is 1.93 bits per heavy atom. The van der Waals surface area contributed by atoms with Crippen LogP contribution in [0.5, 0.6) is 0 Å². The van der Waals surface area contributed by atoms with Gasteiger partial charge >= 0.3 is 0 Å². The van der Waals surface area contributed by atoms with Crippen molar-refractivity contribution in [2.24, 2.45) is 5.92 Å². The summed E-state index contributed by atoms with van der Waals surface area (Å²) in [6, 6.07) is 10.5. The smallest absolute Gasteiger partial charge is 0.122 e. The van der Waals surface area contributed by atoms with Crippen LogP contribution in [0.15, 0.2) is 30.3 Å². The van der Waals surface area contributed by atoms with Gasteiger partial charge in [-0.25, -0.2) is 0 Å². The maximum Gasteiger partial charge on any atom is 0.122 e. The Labute approximate surface area is 86.1 Å². The van der Waals surface area contributed by atoms with E-state index in [9.17, 15) is 4.79 Å². The molecule has 1 unspecified atom stereocenters. The molecule has 0 aliphatic carbocycles. The molecule has 1 heteroatoms. The molecule has 0 aliphatic rings. The van der Waals surface area contributed by atoms with Gasteiger partial charge in [0.05, 0.1) is 0 Å². The van der Waals surface area contributed by atoms with Gasteiger partial charge in [-0.05, 0) is 24.8 Å². The molecular formula is C13H18O. The van der Waals surface area contributed by atoms with Gasteiger partial charge in [0.2, 0.25) is 0 Å². The van der Waals surface area contributed by atoms with Gasteiger partial charge in [0.25, 0.3) is 0 Å². The molecule has 0 fully saturated rings. The highest BCUT2D eigenvalue weighted by molar-refractivity contribution is 5.52. The topological polar surface area (TPSA) is 17.1 Å². The van der Waals surface area contributed by atoms with Gasteiger partial charge in [0.1, 0.15) is 6.29 Å². The fourth-order valence-corrected chi connectivity index (χ4v) is 1.51. The maximum absolute atomic E-state index is 10.4. The molecular weight excluding hydrogens is 172 g/mol. The van der Waals surface area contributed by atoms with Crippen molar-refractivity contribution in [3.8, 4) is 0 Å². The van der Waals surface area contributed by atoms with Gasteiger partial charge in [-0.3, -0.25) is 0 Å². The lowest BCUT2D eigenvalue weighted by Gasteiger charge is -2.03. The molecule has 76 valence electrons. The fourth-order valence-electron chi connectivity index (χ4n) is 1.51. The Balaban J connectivity index is 2.13. The van der Waals surface area contributed by atoms with Crippen LogP contribution >= 0.6 is 0 Å². The number of carbonyl (C=O) groups excluding carboxylic acids is 1. The quantitative estimate of drug-likeness (QED) is 0.497. The summed E-state index contributed by atoms with van der Waals surface area (Å²) in [6.07, 6.45) is 5.53. The monoisotopic (exact) mass is 190 g/mol. The van der Waals surface area contributed by atoms with Gasteiger partial charge < -0.3 is 4.79 Å². The van der Waals surface area contributed by atoms with Crippen LogP contribution < -0.4 is 0 Å². The summed E-state index contributed by atoms with van der Waals surface area (Å²) in [5.41, 5.74) is 1.39. The van der Waals surface area contributed by atoms with Gasteiger partial charge in [-0.1, -0.05) is 43.7 Å². The summed E-state index contributed by atoms with van der Waals surface area (Å²) >= 11 is 0. The third-order valence-electron chi connectivity index (χ3n) is 2.45. The molecule has 14 heavy (non-hydrogen) atoms. The maximum atomic E-state index is 10.4. The van der Waals surface area contributed by atoms with E-state index in [4.69, 9.17) is 0 Å². The van der Waals surface area contributed by atoms with E-state index < -0.39 is 0 Å². The van der Waals surface area contributed by atoms with Crippen molar-refractivity contribution >= 4 is 6.29 Å². The Morgan fingerprint density at radius 1 is 1.21 bits per heavy atom. The molecule has 1 aromatic rings. The van der Waals surface area contributed by atoms with Crippen LogP contribution in [0, 0.1) is 5.92 Å². The number of unbranched alkanes of at least 4 members (excludes halogenated alkanes) is 1. The van der Waals surface area contributed by atoms with Gasteiger partial charge in [0.15, 0.2) is 0 Å². The SMILES string of the molecule is CC(C=O)CCCCc1ccccc1. The van der Waals surface area contributed by atoms with E-state index in [1.54, 1.807) is 0 Å². The van der Waals surface area contributed by atoms with E-state index in [2.05, 4.69) is 24.3 Å². The highest BCUT2D eigenvalue weighted by atomic mass is 16.1. The number of aldehydes is 1. The summed E-state index contributed by atoms with van der Waals surface area (Å²) in [4.78, 5) is 10.4. The van der Waals surface area contributed by atoms with Crippen molar-refractivity contribution in [3.05, 3.63) is 35.9 Å². The lowest BCUT2D eigenvalue weighted by Crippen LogP contribution is -1.95. The number of rotatable bonds is 6. The summed E-state index contributed by atoms with van der Waals surface area (Å²) in [5, 5.41) is 0. The molecule has 0 bridgehead atoms. The minimum atomic E-state index is 0.228. The minimum Gasteiger partial charge on any atom is -0.303 e. The van der Waals surface area contributed by atoms with Crippen LogP contribution in [0.2, 0.25) is 0 Å². The second-order valence-corrected chi connectivity index (χ2v) is 3.84. The van der Waals surface area contributed by atoms with Crippen LogP contribution in [0.25, 0.3) is 0 Å². The highest BCUT2D eigenvalue weighted by Crippen LogP contribution is 2.09. The molecule has 1 aromatic carbocycles. The first kappa shape index (κ1) is 11.0. The van der Waals surface area contributed by atoms with E-state index >= 15 is 0 Å². The predicted molar refractivity (Wildman–Crippen MR) is 59.2 cm³/mol. The van der Waals surface area contributed by atoms with E-state index in [1.165, 1.54) is 12.0 Å². The molecule has 0 N–H and O–H groups in total. The standard InChI is InChI=1S/C13H18O/c1-12(11-14)7-5-6-10-13-8-3-2-4-9-13/h2-4,8-9,11-12H,5-7,10H2,1H3. The van der Waals surface area contributed by atoms with Crippen LogP contribution in [-0.4, -0.2) is 6.29 Å². The van der Waals surface area contributed by atoms with Crippen molar-refractivity contribution in [2.45, 2.75) is 32.6 Å². The number of aryl methyl sites for hydroxylation is 1. The lowest BCUT2D eigenvalue weighted by molar-refractivity contribution is -0.110. The average molecular weight is 190 g/mol. The van der Waals surface area contributed by atoms with E-state index in [0.717, 1.165) is 25.5 Å². The van der Waals surface area contributed by atoms with Crippen LogP contribution in [0.4, 0.5) is 0 Å². The van der Waals surface area contributed by atoms with Crippen LogP contribution in [0.1, 0.15) is 31.7 Å². The zero-order valence-electron chi connectivity index (χ0n) is 8.78. The van der Waals surface area contributed by atoms with Crippen molar-refractivity contribution in [3.63, 3.8) is 0 Å². The Kier molecular flexibility index (Phi) is 4.98. The van der Waals surface area contributed by atoms with Crippen molar-refractivity contribution in [1.29, 1.82) is 0 Å². The normalized spacial score (nSPS) is 12.4. The molecule has 1 nitrogen and oxygen atoms in total. The zero-order chi connectivity index (χ0) is 10.2. The first-order valence-corrected chi connectivity index (χ1v) is 5.32. The molecule has 0 amide bonds. The molecule has 0 spiro atoms. The molecule has 0 aromatic heterocycles. The first-order chi connectivity index (χ1) is 6.83. The summed E-state index contributed by atoms with van der Waals surface area (Å²) in [5.74, 6) is 0.228. The number of hydrogen-bond donors (Lipinski definition) is 0. The van der Waals surface area contributed by atoms with Crippen LogP contribution in [-0.2, 0) is 11.2 Å². The molecule has 0 saturated heterocycles. The second kappa shape index (κ2) is 6.36. The minimum absolute atomic E-state index is 0.228. The van der Waals surface area contributed by atoms with Gasteiger partial charge in [0, 0.05) is 5.92 Å². The lowest BCUT2D eigenvalue weighted by atomic mass is 10.0. The second-order valence-electron chi connectivity index (χ2n) is 3.84. The molecule has 0 heterocycles. The summed E-state index contributed by atoms with van der Waals surface area (Å²) in [6.45, 7) is 1.98. The van der Waals surface area contributed by atoms with Gasteiger partial charge in [-0.2, -0.15) is 0 Å². The Bertz CT molecular complexity index is 253. The van der Waals surface area contributed by atoms with Gasteiger partial charge in [-0.15, -0.1) is 0 Å². The molecule has 0 radical (unpaired) electrons. The molecule has 1 atom stereocenters. The number of hydrogen-bond acceptors (Lipinski definition) is 1. The highest BCUT2D eigenvalue weighted by Gasteiger charge is 1.98. The first-order valence-electron chi connectivity index (χ1n) is 5.32. The number of carbonyl (C=O) groups is 1. The van der Waals surface area contributed by atoms with Crippen molar-refractivity contribution in [1.82, 2.24) is 0 Å².